The van der Waals surface area contributed by atoms with Gasteiger partial charge in [0.15, 0.2) is 5.65 Å². The highest BCUT2D eigenvalue weighted by Gasteiger charge is 2.12. The monoisotopic (exact) mass is 242 g/mol. The fourth-order valence-electron chi connectivity index (χ4n) is 1.78. The average Bonchev–Trinajstić information content (AvgIpc) is 2.94. The Kier molecular flexibility index (Phi) is 2.12. The summed E-state index contributed by atoms with van der Waals surface area (Å²) in [6.45, 7) is 0. The number of amides is 1. The molecule has 0 saturated carbocycles. The molecule has 90 valence electrons. The van der Waals surface area contributed by atoms with Crippen LogP contribution in [-0.2, 0) is 7.05 Å². The van der Waals surface area contributed by atoms with Gasteiger partial charge in [-0.25, -0.2) is 9.50 Å². The van der Waals surface area contributed by atoms with Crippen LogP contribution < -0.4 is 5.73 Å². The van der Waals surface area contributed by atoms with Crippen LogP contribution in [0.25, 0.3) is 16.9 Å². The third-order valence-electron chi connectivity index (χ3n) is 2.58. The summed E-state index contributed by atoms with van der Waals surface area (Å²) in [5, 5.41) is 8.20. The Morgan fingerprint density at radius 1 is 1.39 bits per heavy atom. The molecule has 0 spiro atoms. The number of carbonyl (C=O) groups excluding carboxylic acids is 1. The smallest absolute Gasteiger partial charge is 0.288 e. The van der Waals surface area contributed by atoms with E-state index in [-0.39, 0.29) is 5.82 Å². The highest BCUT2D eigenvalue weighted by molar-refractivity contribution is 5.89. The van der Waals surface area contributed by atoms with Crippen molar-refractivity contribution >= 4 is 11.6 Å². The Bertz CT molecular complexity index is 741. The van der Waals surface area contributed by atoms with E-state index in [1.807, 2.05) is 25.4 Å². The largest absolute Gasteiger partial charge is 0.363 e. The second-order valence-electron chi connectivity index (χ2n) is 3.88. The van der Waals surface area contributed by atoms with Crippen molar-refractivity contribution < 1.29 is 4.79 Å². The molecule has 3 rings (SSSR count). The predicted molar refractivity (Wildman–Crippen MR) is 63.7 cm³/mol. The van der Waals surface area contributed by atoms with Crippen molar-refractivity contribution in [1.29, 1.82) is 0 Å². The minimum atomic E-state index is -0.643. The Hall–Kier alpha value is -2.70. The normalized spacial score (nSPS) is 10.9. The third-order valence-corrected chi connectivity index (χ3v) is 2.58. The number of aromatic nitrogens is 5. The zero-order valence-corrected chi connectivity index (χ0v) is 9.61. The molecule has 0 aromatic carbocycles. The van der Waals surface area contributed by atoms with Gasteiger partial charge >= 0.3 is 0 Å². The molecule has 3 aromatic heterocycles. The molecule has 7 nitrogen and oxygen atoms in total. The minimum absolute atomic E-state index is 0.00587. The summed E-state index contributed by atoms with van der Waals surface area (Å²) in [6, 6.07) is 5.49. The maximum atomic E-state index is 11.1. The third kappa shape index (κ3) is 1.53. The molecule has 0 fully saturated rings. The van der Waals surface area contributed by atoms with Gasteiger partial charge in [-0.05, 0) is 12.1 Å². The minimum Gasteiger partial charge on any atom is -0.363 e. The van der Waals surface area contributed by atoms with E-state index >= 15 is 0 Å². The van der Waals surface area contributed by atoms with E-state index in [2.05, 4.69) is 15.2 Å². The summed E-state index contributed by atoms with van der Waals surface area (Å²) in [4.78, 5) is 15.1. The van der Waals surface area contributed by atoms with E-state index in [1.54, 1.807) is 21.5 Å². The number of aryl methyl sites for hydroxylation is 1. The summed E-state index contributed by atoms with van der Waals surface area (Å²) < 4.78 is 3.27. The number of hydrogen-bond acceptors (Lipinski definition) is 4. The van der Waals surface area contributed by atoms with Crippen molar-refractivity contribution in [2.45, 2.75) is 0 Å². The maximum Gasteiger partial charge on any atom is 0.288 e. The van der Waals surface area contributed by atoms with Crippen LogP contribution in [0.15, 0.2) is 30.6 Å². The van der Waals surface area contributed by atoms with Crippen LogP contribution in [0, 0.1) is 0 Å². The van der Waals surface area contributed by atoms with Crippen molar-refractivity contribution in [2.24, 2.45) is 12.8 Å². The molecule has 0 atom stereocenters. The molecular weight excluding hydrogens is 232 g/mol. The molecule has 1 amide bonds. The van der Waals surface area contributed by atoms with Crippen molar-refractivity contribution in [3.63, 3.8) is 0 Å². The van der Waals surface area contributed by atoms with E-state index in [0.717, 1.165) is 11.3 Å². The second-order valence-corrected chi connectivity index (χ2v) is 3.88. The SMILES string of the molecule is Cn1cc(-c2cccc3nc(C(N)=O)nn23)cn1. The van der Waals surface area contributed by atoms with Gasteiger partial charge in [0.1, 0.15) is 0 Å². The first-order valence-corrected chi connectivity index (χ1v) is 5.30. The molecule has 0 bridgehead atoms. The Morgan fingerprint density at radius 3 is 2.89 bits per heavy atom. The zero-order valence-electron chi connectivity index (χ0n) is 9.61. The topological polar surface area (TPSA) is 91.1 Å². The van der Waals surface area contributed by atoms with Crippen LogP contribution in [-0.4, -0.2) is 30.3 Å². The summed E-state index contributed by atoms with van der Waals surface area (Å²) in [7, 11) is 1.83. The lowest BCUT2D eigenvalue weighted by Crippen LogP contribution is -2.13. The number of hydrogen-bond donors (Lipinski definition) is 1. The van der Waals surface area contributed by atoms with Gasteiger partial charge in [0.2, 0.25) is 5.82 Å². The van der Waals surface area contributed by atoms with Crippen molar-refractivity contribution in [3.8, 4) is 11.3 Å². The fourth-order valence-corrected chi connectivity index (χ4v) is 1.78. The fraction of sp³-hybridized carbons (Fsp3) is 0.0909. The predicted octanol–water partition coefficient (Wildman–Crippen LogP) is 0.229. The lowest BCUT2D eigenvalue weighted by molar-refractivity contribution is 0.0990. The molecule has 18 heavy (non-hydrogen) atoms. The summed E-state index contributed by atoms with van der Waals surface area (Å²) >= 11 is 0. The van der Waals surface area contributed by atoms with Gasteiger partial charge in [-0.15, -0.1) is 5.10 Å². The molecule has 7 heteroatoms. The van der Waals surface area contributed by atoms with Crippen LogP contribution in [0.5, 0.6) is 0 Å². The van der Waals surface area contributed by atoms with E-state index in [0.29, 0.717) is 5.65 Å². The van der Waals surface area contributed by atoms with Gasteiger partial charge < -0.3 is 5.73 Å². The highest BCUT2D eigenvalue weighted by atomic mass is 16.1. The number of fused-ring (bicyclic) bond motifs is 1. The highest BCUT2D eigenvalue weighted by Crippen LogP contribution is 2.18. The number of rotatable bonds is 2. The Morgan fingerprint density at radius 2 is 2.22 bits per heavy atom. The lowest BCUT2D eigenvalue weighted by atomic mass is 10.2. The zero-order chi connectivity index (χ0) is 12.7. The van der Waals surface area contributed by atoms with Gasteiger partial charge in [-0.1, -0.05) is 6.07 Å². The number of nitrogens with zero attached hydrogens (tertiary/aromatic N) is 5. The lowest BCUT2D eigenvalue weighted by Gasteiger charge is -1.99. The molecule has 0 radical (unpaired) electrons. The van der Waals surface area contributed by atoms with Crippen molar-refractivity contribution in [3.05, 3.63) is 36.4 Å². The molecule has 0 aliphatic heterocycles. The van der Waals surface area contributed by atoms with E-state index in [4.69, 9.17) is 5.73 Å². The van der Waals surface area contributed by atoms with Gasteiger partial charge in [0.25, 0.3) is 5.91 Å². The summed E-state index contributed by atoms with van der Waals surface area (Å²) in [5.41, 5.74) is 7.45. The van der Waals surface area contributed by atoms with E-state index in [1.165, 1.54) is 0 Å². The van der Waals surface area contributed by atoms with Crippen LogP contribution in [0.4, 0.5) is 0 Å². The van der Waals surface area contributed by atoms with Gasteiger partial charge in [0, 0.05) is 18.8 Å². The van der Waals surface area contributed by atoms with Gasteiger partial charge in [-0.2, -0.15) is 5.10 Å². The molecule has 0 aliphatic rings. The first-order chi connectivity index (χ1) is 8.65. The number of carbonyl (C=O) groups is 1. The van der Waals surface area contributed by atoms with E-state index < -0.39 is 5.91 Å². The van der Waals surface area contributed by atoms with Crippen LogP contribution >= 0.6 is 0 Å². The molecule has 3 aromatic rings. The van der Waals surface area contributed by atoms with Crippen molar-refractivity contribution in [1.82, 2.24) is 24.4 Å². The Labute approximate surface area is 102 Å². The van der Waals surface area contributed by atoms with Crippen LogP contribution in [0.3, 0.4) is 0 Å². The van der Waals surface area contributed by atoms with Crippen LogP contribution in [0.1, 0.15) is 10.6 Å². The maximum absolute atomic E-state index is 11.1. The molecule has 0 unspecified atom stereocenters. The van der Waals surface area contributed by atoms with E-state index in [9.17, 15) is 4.79 Å². The second kappa shape index (κ2) is 3.66. The standard InChI is InChI=1S/C11H10N6O/c1-16-6-7(5-13-16)8-3-2-4-9-14-11(10(12)18)15-17(8)9/h2-6H,1H3,(H2,12,18). The molecule has 0 saturated heterocycles. The van der Waals surface area contributed by atoms with Crippen LogP contribution in [0.2, 0.25) is 0 Å². The number of nitrogens with two attached hydrogens (primary N) is 1. The summed E-state index contributed by atoms with van der Waals surface area (Å²) in [6.07, 6.45) is 3.58. The molecule has 2 N–H and O–H groups in total. The number of primary amides is 1. The molecule has 0 aliphatic carbocycles. The van der Waals surface area contributed by atoms with Crippen molar-refractivity contribution in [2.75, 3.05) is 0 Å². The quantitative estimate of drug-likeness (QED) is 0.696. The first-order valence-electron chi connectivity index (χ1n) is 5.30. The summed E-state index contributed by atoms with van der Waals surface area (Å²) in [5.74, 6) is -0.637. The molecule has 3 heterocycles. The van der Waals surface area contributed by atoms with Gasteiger partial charge in [0.05, 0.1) is 11.9 Å². The average molecular weight is 242 g/mol. The first kappa shape index (κ1) is 10.5. The van der Waals surface area contributed by atoms with Gasteiger partial charge in [-0.3, -0.25) is 9.48 Å². The Balaban J connectivity index is 2.26. The molecular formula is C11H10N6O. The number of pyridine rings is 1.